The predicted octanol–water partition coefficient (Wildman–Crippen LogP) is 9.36. The van der Waals surface area contributed by atoms with E-state index >= 15 is 0 Å². The molecule has 34 heavy (non-hydrogen) atoms. The Bertz CT molecular complexity index is 918. The highest BCUT2D eigenvalue weighted by Gasteiger charge is 2.28. The topological polar surface area (TPSA) is 0 Å². The highest BCUT2D eigenvalue weighted by molar-refractivity contribution is 7.82. The first-order valence-electron chi connectivity index (χ1n) is 13.5. The lowest BCUT2D eigenvalue weighted by Crippen LogP contribution is -2.21. The van der Waals surface area contributed by atoms with Gasteiger partial charge in [-0.2, -0.15) is 0 Å². The fourth-order valence-electron chi connectivity index (χ4n) is 4.89. The third kappa shape index (κ3) is 7.45. The number of unbranched alkanes of at least 4 members (excludes halogenated alkanes) is 3. The van der Waals surface area contributed by atoms with Crippen LogP contribution in [0.1, 0.15) is 71.3 Å². The van der Waals surface area contributed by atoms with Crippen LogP contribution in [0.25, 0.3) is 5.31 Å². The van der Waals surface area contributed by atoms with Gasteiger partial charge in [-0.3, -0.25) is 0 Å². The summed E-state index contributed by atoms with van der Waals surface area (Å²) in [5.74, 6) is 0. The summed E-state index contributed by atoms with van der Waals surface area (Å²) in [5, 5.41) is 4.54. The van der Waals surface area contributed by atoms with Crippen LogP contribution >= 0.6 is 7.92 Å². The molecule has 0 saturated carbocycles. The van der Waals surface area contributed by atoms with Crippen LogP contribution in [-0.4, -0.2) is 6.71 Å². The zero-order valence-corrected chi connectivity index (χ0v) is 22.4. The molecular weight excluding hydrogens is 426 g/mol. The molecule has 0 aliphatic heterocycles. The molecule has 0 amide bonds. The van der Waals surface area contributed by atoms with E-state index in [4.69, 9.17) is 0 Å². The van der Waals surface area contributed by atoms with Gasteiger partial charge in [0.25, 0.3) is 0 Å². The highest BCUT2D eigenvalue weighted by Crippen LogP contribution is 2.52. The standard InChI is InChI=1S/C32H42BP/c1-4-7-25-31(33(26-8-5-2)27-9-6-3)32(28-19-13-10-14-20-28)34(29-21-15-11-16-22-29)30-23-17-12-18-24-30/h10-24H,4-9,25-27H2,1-3H3. The van der Waals surface area contributed by atoms with Crippen LogP contribution in [0.3, 0.4) is 0 Å². The normalized spacial score (nSPS) is 12.0. The lowest BCUT2D eigenvalue weighted by molar-refractivity contribution is 0.795. The van der Waals surface area contributed by atoms with Crippen molar-refractivity contribution >= 4 is 30.6 Å². The van der Waals surface area contributed by atoms with Gasteiger partial charge in [0.1, 0.15) is 0 Å². The van der Waals surface area contributed by atoms with Crippen molar-refractivity contribution < 1.29 is 0 Å². The van der Waals surface area contributed by atoms with Gasteiger partial charge < -0.3 is 0 Å². The molecule has 3 aromatic rings. The molecule has 2 heteroatoms. The van der Waals surface area contributed by atoms with Crippen molar-refractivity contribution in [3.05, 3.63) is 102 Å². The van der Waals surface area contributed by atoms with Crippen LogP contribution in [0.15, 0.2) is 96.5 Å². The molecule has 3 rings (SSSR count). The summed E-state index contributed by atoms with van der Waals surface area (Å²) in [6.45, 7) is 7.69. The average Bonchev–Trinajstić information content (AvgIpc) is 2.90. The molecule has 0 saturated heterocycles. The Morgan fingerprint density at radius 1 is 0.588 bits per heavy atom. The van der Waals surface area contributed by atoms with E-state index in [1.54, 1.807) is 10.8 Å². The van der Waals surface area contributed by atoms with Crippen LogP contribution in [0.2, 0.25) is 12.6 Å². The Balaban J connectivity index is 2.30. The summed E-state index contributed by atoms with van der Waals surface area (Å²) < 4.78 is 0. The van der Waals surface area contributed by atoms with E-state index < -0.39 is 7.92 Å². The van der Waals surface area contributed by atoms with Crippen molar-refractivity contribution in [1.82, 2.24) is 0 Å². The van der Waals surface area contributed by atoms with Crippen molar-refractivity contribution in [3.63, 3.8) is 0 Å². The van der Waals surface area contributed by atoms with Gasteiger partial charge in [0, 0.05) is 0 Å². The van der Waals surface area contributed by atoms with Gasteiger partial charge >= 0.3 is 0 Å². The van der Waals surface area contributed by atoms with E-state index in [-0.39, 0.29) is 0 Å². The fraction of sp³-hybridized carbons (Fsp3) is 0.375. The summed E-state index contributed by atoms with van der Waals surface area (Å²) in [6.07, 6.45) is 11.6. The molecule has 0 atom stereocenters. The van der Waals surface area contributed by atoms with Crippen LogP contribution in [0, 0.1) is 0 Å². The van der Waals surface area contributed by atoms with Crippen LogP contribution < -0.4 is 10.6 Å². The smallest absolute Gasteiger partial charge is 0.0923 e. The average molecular weight is 468 g/mol. The van der Waals surface area contributed by atoms with Gasteiger partial charge in [-0.25, -0.2) is 0 Å². The molecule has 0 aliphatic carbocycles. The van der Waals surface area contributed by atoms with Gasteiger partial charge in [-0.05, 0) is 35.8 Å². The predicted molar refractivity (Wildman–Crippen MR) is 157 cm³/mol. The van der Waals surface area contributed by atoms with Gasteiger partial charge in [-0.1, -0.05) is 168 Å². The van der Waals surface area contributed by atoms with Crippen molar-refractivity contribution in [1.29, 1.82) is 0 Å². The molecule has 0 spiro atoms. The lowest BCUT2D eigenvalue weighted by atomic mass is 9.38. The fourth-order valence-corrected chi connectivity index (χ4v) is 7.64. The van der Waals surface area contributed by atoms with E-state index in [0.29, 0.717) is 6.71 Å². The minimum atomic E-state index is -0.629. The Morgan fingerprint density at radius 3 is 1.47 bits per heavy atom. The maximum Gasteiger partial charge on any atom is 0.171 e. The van der Waals surface area contributed by atoms with Gasteiger partial charge in [0.15, 0.2) is 6.71 Å². The maximum absolute atomic E-state index is 2.36. The third-order valence-corrected chi connectivity index (χ3v) is 9.33. The number of hydrogen-bond donors (Lipinski definition) is 0. The summed E-state index contributed by atoms with van der Waals surface area (Å²) in [7, 11) is -0.629. The number of allylic oxidation sites excluding steroid dienone is 1. The molecule has 0 bridgehead atoms. The minimum Gasteiger partial charge on any atom is -0.0923 e. The molecule has 0 N–H and O–H groups in total. The van der Waals surface area contributed by atoms with Crippen molar-refractivity contribution in [2.24, 2.45) is 0 Å². The third-order valence-electron chi connectivity index (χ3n) is 6.71. The van der Waals surface area contributed by atoms with Crippen molar-refractivity contribution in [2.45, 2.75) is 78.4 Å². The Hall–Kier alpha value is -2.11. The first kappa shape index (κ1) is 26.5. The zero-order valence-electron chi connectivity index (χ0n) is 21.5. The van der Waals surface area contributed by atoms with Gasteiger partial charge in [0.05, 0.1) is 0 Å². The molecule has 0 unspecified atom stereocenters. The first-order chi connectivity index (χ1) is 16.8. The van der Waals surface area contributed by atoms with E-state index in [1.165, 1.54) is 73.8 Å². The Labute approximate surface area is 210 Å². The van der Waals surface area contributed by atoms with E-state index in [9.17, 15) is 0 Å². The summed E-state index contributed by atoms with van der Waals surface area (Å²) >= 11 is 0. The molecule has 0 fully saturated rings. The molecular formula is C32H42BP. The number of benzene rings is 3. The van der Waals surface area contributed by atoms with Crippen LogP contribution in [-0.2, 0) is 0 Å². The molecule has 0 aliphatic rings. The second kappa shape index (κ2) is 15.0. The molecule has 3 aromatic carbocycles. The summed E-state index contributed by atoms with van der Waals surface area (Å²) in [5.41, 5.74) is 3.17. The zero-order chi connectivity index (χ0) is 24.0. The monoisotopic (exact) mass is 468 g/mol. The second-order valence-corrected chi connectivity index (χ2v) is 11.5. The maximum atomic E-state index is 2.36. The largest absolute Gasteiger partial charge is 0.171 e. The second-order valence-electron chi connectivity index (χ2n) is 9.33. The van der Waals surface area contributed by atoms with Crippen LogP contribution in [0.5, 0.6) is 0 Å². The quantitative estimate of drug-likeness (QED) is 0.163. The molecule has 178 valence electrons. The van der Waals surface area contributed by atoms with Gasteiger partial charge in [-0.15, -0.1) is 0 Å². The molecule has 0 nitrogen and oxygen atoms in total. The van der Waals surface area contributed by atoms with Crippen molar-refractivity contribution in [2.75, 3.05) is 0 Å². The number of hydrogen-bond acceptors (Lipinski definition) is 0. The Morgan fingerprint density at radius 2 is 1.03 bits per heavy atom. The summed E-state index contributed by atoms with van der Waals surface area (Å²) in [4.78, 5) is 0. The molecule has 0 heterocycles. The van der Waals surface area contributed by atoms with Gasteiger partial charge in [0.2, 0.25) is 0 Å². The Kier molecular flexibility index (Phi) is 11.7. The van der Waals surface area contributed by atoms with Crippen molar-refractivity contribution in [3.8, 4) is 0 Å². The molecule has 0 aromatic heterocycles. The highest BCUT2D eigenvalue weighted by atomic mass is 31.1. The lowest BCUT2D eigenvalue weighted by Gasteiger charge is -2.29. The first-order valence-corrected chi connectivity index (χ1v) is 14.8. The number of rotatable bonds is 14. The SMILES string of the molecule is CCCCB(CCCC)C(CCCC)=C(c1ccccc1)P(c1ccccc1)c1ccccc1. The summed E-state index contributed by atoms with van der Waals surface area (Å²) in [6, 6.07) is 33.9. The van der Waals surface area contributed by atoms with Crippen LogP contribution in [0.4, 0.5) is 0 Å². The van der Waals surface area contributed by atoms with E-state index in [1.807, 2.05) is 0 Å². The van der Waals surface area contributed by atoms with E-state index in [0.717, 1.165) is 0 Å². The molecule has 0 radical (unpaired) electrons. The van der Waals surface area contributed by atoms with E-state index in [2.05, 4.69) is 112 Å². The minimum absolute atomic E-state index is 0.629.